The standard InChI is InChI=1S/C13H19BrN2O2S/c1-9-3-4-12(14)7-13(9)19(17,18)16-6-5-11(8-16)10(2)15/h3-4,7,10-11H,5-6,8,15H2,1-2H3. The van der Waals surface area contributed by atoms with Gasteiger partial charge in [0.25, 0.3) is 0 Å². The van der Waals surface area contributed by atoms with Gasteiger partial charge in [-0.1, -0.05) is 22.0 Å². The Morgan fingerprint density at radius 2 is 2.16 bits per heavy atom. The lowest BCUT2D eigenvalue weighted by Gasteiger charge is -2.19. The molecule has 1 heterocycles. The van der Waals surface area contributed by atoms with Crippen molar-refractivity contribution in [1.82, 2.24) is 4.31 Å². The lowest BCUT2D eigenvalue weighted by Crippen LogP contribution is -2.33. The van der Waals surface area contributed by atoms with Crippen LogP contribution in [0.1, 0.15) is 18.9 Å². The van der Waals surface area contributed by atoms with Crippen LogP contribution in [0.4, 0.5) is 0 Å². The molecule has 6 heteroatoms. The summed E-state index contributed by atoms with van der Waals surface area (Å²) in [5.41, 5.74) is 6.64. The van der Waals surface area contributed by atoms with Crippen molar-refractivity contribution in [1.29, 1.82) is 0 Å². The highest BCUT2D eigenvalue weighted by atomic mass is 79.9. The second kappa shape index (κ2) is 5.52. The van der Waals surface area contributed by atoms with Gasteiger partial charge in [0.1, 0.15) is 0 Å². The van der Waals surface area contributed by atoms with Crippen molar-refractivity contribution >= 4 is 26.0 Å². The summed E-state index contributed by atoms with van der Waals surface area (Å²) in [6.07, 6.45) is 0.837. The largest absolute Gasteiger partial charge is 0.328 e. The molecule has 2 N–H and O–H groups in total. The quantitative estimate of drug-likeness (QED) is 0.911. The van der Waals surface area contributed by atoms with E-state index in [4.69, 9.17) is 5.73 Å². The third-order valence-electron chi connectivity index (χ3n) is 3.70. The Labute approximate surface area is 123 Å². The number of nitrogens with zero attached hydrogens (tertiary/aromatic N) is 1. The lowest BCUT2D eigenvalue weighted by molar-refractivity contribution is 0.429. The molecule has 1 aliphatic heterocycles. The molecule has 0 saturated carbocycles. The summed E-state index contributed by atoms with van der Waals surface area (Å²) in [5, 5.41) is 0. The number of sulfonamides is 1. The highest BCUT2D eigenvalue weighted by Crippen LogP contribution is 2.28. The van der Waals surface area contributed by atoms with Crippen LogP contribution in [0.3, 0.4) is 0 Å². The Balaban J connectivity index is 2.31. The average molecular weight is 347 g/mol. The third-order valence-corrected chi connectivity index (χ3v) is 6.20. The van der Waals surface area contributed by atoms with Gasteiger partial charge in [-0.25, -0.2) is 8.42 Å². The zero-order chi connectivity index (χ0) is 14.2. The number of hydrogen-bond acceptors (Lipinski definition) is 3. The van der Waals surface area contributed by atoms with E-state index in [1.807, 2.05) is 26.0 Å². The van der Waals surface area contributed by atoms with Crippen LogP contribution >= 0.6 is 15.9 Å². The van der Waals surface area contributed by atoms with Gasteiger partial charge in [-0.05, 0) is 43.9 Å². The van der Waals surface area contributed by atoms with E-state index in [0.717, 1.165) is 16.5 Å². The Hall–Kier alpha value is -0.430. The molecule has 1 aromatic carbocycles. The zero-order valence-corrected chi connectivity index (χ0v) is 13.5. The minimum absolute atomic E-state index is 0.0313. The van der Waals surface area contributed by atoms with Gasteiger partial charge in [-0.2, -0.15) is 4.31 Å². The first-order valence-electron chi connectivity index (χ1n) is 6.34. The number of hydrogen-bond donors (Lipinski definition) is 1. The second-order valence-corrected chi connectivity index (χ2v) is 8.00. The van der Waals surface area contributed by atoms with Crippen LogP contribution in [-0.2, 0) is 10.0 Å². The Bertz CT molecular complexity index is 572. The molecule has 0 aliphatic carbocycles. The summed E-state index contributed by atoms with van der Waals surface area (Å²) in [4.78, 5) is 0.382. The molecule has 2 rings (SSSR count). The van der Waals surface area contributed by atoms with Gasteiger partial charge in [-0.3, -0.25) is 0 Å². The van der Waals surface area contributed by atoms with E-state index >= 15 is 0 Å². The van der Waals surface area contributed by atoms with Crippen LogP contribution in [0.25, 0.3) is 0 Å². The summed E-state index contributed by atoms with van der Waals surface area (Å²) < 4.78 is 27.6. The predicted octanol–water partition coefficient (Wildman–Crippen LogP) is 2.12. The first-order chi connectivity index (χ1) is 8.82. The summed E-state index contributed by atoms with van der Waals surface area (Å²) in [6.45, 7) is 4.83. The minimum atomic E-state index is -3.41. The van der Waals surface area contributed by atoms with Crippen molar-refractivity contribution < 1.29 is 8.42 Å². The van der Waals surface area contributed by atoms with Crippen molar-refractivity contribution in [3.8, 4) is 0 Å². The fourth-order valence-corrected chi connectivity index (χ4v) is 4.67. The van der Waals surface area contributed by atoms with Crippen molar-refractivity contribution in [2.75, 3.05) is 13.1 Å². The van der Waals surface area contributed by atoms with Crippen LogP contribution < -0.4 is 5.73 Å². The van der Waals surface area contributed by atoms with Gasteiger partial charge in [0, 0.05) is 23.6 Å². The van der Waals surface area contributed by atoms with Crippen molar-refractivity contribution in [2.45, 2.75) is 31.2 Å². The fraction of sp³-hybridized carbons (Fsp3) is 0.538. The Kier molecular flexibility index (Phi) is 4.35. The molecule has 1 saturated heterocycles. The molecule has 1 aliphatic rings. The molecule has 0 radical (unpaired) electrons. The summed E-state index contributed by atoms with van der Waals surface area (Å²) in [5.74, 6) is 0.252. The molecule has 0 bridgehead atoms. The highest BCUT2D eigenvalue weighted by molar-refractivity contribution is 9.10. The van der Waals surface area contributed by atoms with Crippen molar-refractivity contribution in [3.05, 3.63) is 28.2 Å². The molecule has 0 spiro atoms. The van der Waals surface area contributed by atoms with Gasteiger partial charge in [0.05, 0.1) is 4.90 Å². The topological polar surface area (TPSA) is 63.4 Å². The number of nitrogens with two attached hydrogens (primary N) is 1. The lowest BCUT2D eigenvalue weighted by atomic mass is 10.0. The van der Waals surface area contributed by atoms with Gasteiger partial charge in [0.2, 0.25) is 10.0 Å². The third kappa shape index (κ3) is 3.02. The predicted molar refractivity (Wildman–Crippen MR) is 79.4 cm³/mol. The van der Waals surface area contributed by atoms with Crippen LogP contribution in [0.15, 0.2) is 27.6 Å². The highest BCUT2D eigenvalue weighted by Gasteiger charge is 2.34. The van der Waals surface area contributed by atoms with E-state index in [9.17, 15) is 8.42 Å². The molecule has 106 valence electrons. The van der Waals surface area contributed by atoms with Gasteiger partial charge < -0.3 is 5.73 Å². The molecule has 0 aromatic heterocycles. The SMILES string of the molecule is Cc1ccc(Br)cc1S(=O)(=O)N1CCC(C(C)N)C1. The smallest absolute Gasteiger partial charge is 0.243 e. The summed E-state index contributed by atoms with van der Waals surface area (Å²) >= 11 is 3.33. The van der Waals surface area contributed by atoms with E-state index in [2.05, 4.69) is 15.9 Å². The monoisotopic (exact) mass is 346 g/mol. The number of aryl methyl sites for hydroxylation is 1. The molecular formula is C13H19BrN2O2S. The minimum Gasteiger partial charge on any atom is -0.328 e. The zero-order valence-electron chi connectivity index (χ0n) is 11.1. The number of halogens is 1. The molecule has 2 atom stereocenters. The fourth-order valence-electron chi connectivity index (χ4n) is 2.39. The maximum atomic E-state index is 12.6. The molecule has 1 fully saturated rings. The molecule has 0 amide bonds. The van der Waals surface area contributed by atoms with Crippen LogP contribution in [-0.4, -0.2) is 31.9 Å². The maximum Gasteiger partial charge on any atom is 0.243 e. The maximum absolute atomic E-state index is 12.6. The van der Waals surface area contributed by atoms with Gasteiger partial charge >= 0.3 is 0 Å². The second-order valence-electron chi connectivity index (χ2n) is 5.18. The first-order valence-corrected chi connectivity index (χ1v) is 8.57. The number of rotatable bonds is 3. The first kappa shape index (κ1) is 15.0. The van der Waals surface area contributed by atoms with E-state index < -0.39 is 10.0 Å². The van der Waals surface area contributed by atoms with Crippen LogP contribution in [0.2, 0.25) is 0 Å². The molecule has 19 heavy (non-hydrogen) atoms. The molecule has 1 aromatic rings. The Morgan fingerprint density at radius 3 is 2.74 bits per heavy atom. The van der Waals surface area contributed by atoms with E-state index in [-0.39, 0.29) is 12.0 Å². The Morgan fingerprint density at radius 1 is 1.47 bits per heavy atom. The molecular weight excluding hydrogens is 328 g/mol. The van der Waals surface area contributed by atoms with Crippen molar-refractivity contribution in [2.24, 2.45) is 11.7 Å². The molecule has 2 unspecified atom stereocenters. The average Bonchev–Trinajstić information content (AvgIpc) is 2.82. The van der Waals surface area contributed by atoms with Gasteiger partial charge in [-0.15, -0.1) is 0 Å². The van der Waals surface area contributed by atoms with Crippen LogP contribution in [0.5, 0.6) is 0 Å². The summed E-state index contributed by atoms with van der Waals surface area (Å²) in [6, 6.07) is 5.37. The van der Waals surface area contributed by atoms with E-state index in [1.165, 1.54) is 0 Å². The summed E-state index contributed by atoms with van der Waals surface area (Å²) in [7, 11) is -3.41. The normalized spacial score (nSPS) is 22.6. The number of benzene rings is 1. The van der Waals surface area contributed by atoms with Crippen LogP contribution in [0, 0.1) is 12.8 Å². The van der Waals surface area contributed by atoms with Gasteiger partial charge in [0.15, 0.2) is 0 Å². The van der Waals surface area contributed by atoms with Crippen molar-refractivity contribution in [3.63, 3.8) is 0 Å². The van der Waals surface area contributed by atoms with E-state index in [0.29, 0.717) is 18.0 Å². The van der Waals surface area contributed by atoms with E-state index in [1.54, 1.807) is 10.4 Å². The molecule has 4 nitrogen and oxygen atoms in total.